The van der Waals surface area contributed by atoms with Crippen LogP contribution in [0.3, 0.4) is 0 Å². The van der Waals surface area contributed by atoms with Crippen molar-refractivity contribution in [3.05, 3.63) is 46.4 Å². The maximum Gasteiger partial charge on any atom is 0.360 e. The van der Waals surface area contributed by atoms with Crippen molar-refractivity contribution < 1.29 is 29.4 Å². The predicted molar refractivity (Wildman–Crippen MR) is 90.1 cm³/mol. The minimum absolute atomic E-state index is 0.0535. The van der Waals surface area contributed by atoms with Crippen LogP contribution in [0.5, 0.6) is 5.75 Å². The van der Waals surface area contributed by atoms with E-state index in [0.29, 0.717) is 27.7 Å². The third-order valence-electron chi connectivity index (χ3n) is 3.52. The number of fused-ring (bicyclic) bond motifs is 1. The largest absolute Gasteiger partial charge is 0.484 e. The Bertz CT molecular complexity index is 943. The summed E-state index contributed by atoms with van der Waals surface area (Å²) in [5, 5.41) is 33.4. The second-order valence-corrected chi connectivity index (χ2v) is 6.11. The second-order valence-electron chi connectivity index (χ2n) is 5.71. The molecule has 3 rings (SSSR count). The summed E-state index contributed by atoms with van der Waals surface area (Å²) in [4.78, 5) is 14.3. The van der Waals surface area contributed by atoms with E-state index < -0.39 is 11.9 Å². The first kappa shape index (κ1) is 18.2. The van der Waals surface area contributed by atoms with Crippen molar-refractivity contribution in [1.29, 1.82) is 0 Å². The van der Waals surface area contributed by atoms with Crippen molar-refractivity contribution in [2.24, 2.45) is 0 Å². The lowest BCUT2D eigenvalue weighted by Crippen LogP contribution is -2.46. The number of aryl methyl sites for hydroxylation is 1. The van der Waals surface area contributed by atoms with Crippen LogP contribution in [0.4, 0.5) is 0 Å². The number of benzene rings is 1. The Kier molecular flexibility index (Phi) is 4.88. The van der Waals surface area contributed by atoms with Gasteiger partial charge in [-0.25, -0.2) is 0 Å². The zero-order valence-corrected chi connectivity index (χ0v) is 14.4. The van der Waals surface area contributed by atoms with Crippen LogP contribution < -0.4 is 10.1 Å². The van der Waals surface area contributed by atoms with Crippen LogP contribution in [0.25, 0.3) is 10.9 Å². The number of nitrogens with one attached hydrogen (secondary N) is 2. The maximum atomic E-state index is 11.3. The maximum absolute atomic E-state index is 11.3. The average molecular weight is 382 g/mol. The van der Waals surface area contributed by atoms with Gasteiger partial charge in [0.05, 0.1) is 17.3 Å². The van der Waals surface area contributed by atoms with E-state index in [1.54, 1.807) is 31.2 Å². The first-order valence-electron chi connectivity index (χ1n) is 7.54. The highest BCUT2D eigenvalue weighted by atomic mass is 35.5. The first-order chi connectivity index (χ1) is 12.2. The lowest BCUT2D eigenvalue weighted by molar-refractivity contribution is -0.288. The molecular formula is C16H16ClN3O6. The molecule has 138 valence electrons. The summed E-state index contributed by atoms with van der Waals surface area (Å²) in [6.45, 7) is 1.92. The van der Waals surface area contributed by atoms with Gasteiger partial charge in [-0.05, 0) is 19.1 Å². The lowest BCUT2D eigenvalue weighted by atomic mass is 10.2. The third-order valence-corrected chi connectivity index (χ3v) is 3.82. The Morgan fingerprint density at radius 1 is 1.35 bits per heavy atom. The van der Waals surface area contributed by atoms with Crippen molar-refractivity contribution in [2.45, 2.75) is 26.0 Å². The number of aromatic amines is 1. The molecular weight excluding hydrogens is 366 g/mol. The molecule has 9 nitrogen and oxygen atoms in total. The van der Waals surface area contributed by atoms with Gasteiger partial charge >= 0.3 is 11.9 Å². The molecule has 2 heterocycles. The van der Waals surface area contributed by atoms with Crippen LogP contribution in [0.2, 0.25) is 5.02 Å². The number of halogens is 1. The van der Waals surface area contributed by atoms with E-state index in [1.807, 2.05) is 0 Å². The van der Waals surface area contributed by atoms with Crippen LogP contribution in [0, 0.1) is 6.92 Å². The number of carbonyl (C=O) groups excluding carboxylic acids is 1. The third kappa shape index (κ3) is 4.14. The molecule has 2 aromatic heterocycles. The van der Waals surface area contributed by atoms with E-state index in [2.05, 4.69) is 15.5 Å². The summed E-state index contributed by atoms with van der Waals surface area (Å²) in [6.07, 6.45) is 0. The number of hydrogen-bond donors (Lipinski definition) is 5. The molecule has 0 aliphatic carbocycles. The molecule has 26 heavy (non-hydrogen) atoms. The molecule has 10 heteroatoms. The van der Waals surface area contributed by atoms with Crippen LogP contribution in [0.15, 0.2) is 28.8 Å². The topological polar surface area (TPSA) is 141 Å². The zero-order chi connectivity index (χ0) is 18.9. The molecule has 1 aromatic carbocycles. The molecule has 0 aliphatic heterocycles. The van der Waals surface area contributed by atoms with Crippen molar-refractivity contribution >= 4 is 28.4 Å². The summed E-state index contributed by atoms with van der Waals surface area (Å²) in [5.41, 5.74) is 2.01. The molecule has 0 radical (unpaired) electrons. The van der Waals surface area contributed by atoms with Crippen molar-refractivity contribution in [1.82, 2.24) is 15.5 Å². The van der Waals surface area contributed by atoms with E-state index >= 15 is 0 Å². The molecule has 0 fully saturated rings. The molecule has 0 unspecified atom stereocenters. The predicted octanol–water partition coefficient (Wildman–Crippen LogP) is 0.944. The van der Waals surface area contributed by atoms with Gasteiger partial charge in [0.25, 0.3) is 0 Å². The van der Waals surface area contributed by atoms with E-state index in [-0.39, 0.29) is 13.2 Å². The van der Waals surface area contributed by atoms with E-state index in [0.717, 1.165) is 11.1 Å². The number of nitrogens with zero attached hydrogens (tertiary/aromatic N) is 1. The number of rotatable bonds is 6. The Hall–Kier alpha value is -2.59. The molecule has 0 atom stereocenters. The number of ether oxygens (including phenoxy) is 1. The summed E-state index contributed by atoms with van der Waals surface area (Å²) >= 11 is 6.22. The molecule has 0 bridgehead atoms. The fourth-order valence-corrected chi connectivity index (χ4v) is 2.55. The Labute approximate surface area is 152 Å². The molecule has 0 saturated heterocycles. The monoisotopic (exact) mass is 381 g/mol. The Balaban J connectivity index is 1.72. The molecule has 0 spiro atoms. The SMILES string of the molecule is Cc1cc(COc2cc3[nH]c(CNC(=O)C(O)(O)O)cc3cc2Cl)on1. The van der Waals surface area contributed by atoms with Gasteiger partial charge in [0.15, 0.2) is 5.76 Å². The normalized spacial score (nSPS) is 11.7. The van der Waals surface area contributed by atoms with E-state index in [1.165, 1.54) is 0 Å². The lowest BCUT2D eigenvalue weighted by Gasteiger charge is -2.12. The molecule has 0 aliphatic rings. The quantitative estimate of drug-likeness (QED) is 0.400. The number of aliphatic hydroxyl groups is 3. The number of hydrogen-bond acceptors (Lipinski definition) is 7. The van der Waals surface area contributed by atoms with E-state index in [9.17, 15) is 4.79 Å². The highest BCUT2D eigenvalue weighted by Gasteiger charge is 2.29. The van der Waals surface area contributed by atoms with Crippen LogP contribution in [0.1, 0.15) is 17.1 Å². The fraction of sp³-hybridized carbons (Fsp3) is 0.250. The van der Waals surface area contributed by atoms with Gasteiger partial charge in [0.1, 0.15) is 12.4 Å². The van der Waals surface area contributed by atoms with E-state index in [4.69, 9.17) is 36.2 Å². The minimum atomic E-state index is -3.42. The highest BCUT2D eigenvalue weighted by Crippen LogP contribution is 2.31. The number of H-pyrrole nitrogens is 1. The average Bonchev–Trinajstić information content (AvgIpc) is 3.14. The molecule has 5 N–H and O–H groups in total. The standard InChI is InChI=1S/C16H16ClN3O6/c1-8-2-11(26-20-8)7-25-14-5-13-9(4-12(14)17)3-10(19-13)6-18-15(21)16(22,23)24/h2-5,19,22-24H,6-7H2,1H3,(H,18,21). The number of carbonyl (C=O) groups is 1. The molecule has 0 saturated carbocycles. The van der Waals surface area contributed by atoms with Gasteiger partial charge in [-0.3, -0.25) is 4.79 Å². The van der Waals surface area contributed by atoms with Crippen molar-refractivity contribution in [2.75, 3.05) is 0 Å². The molecule has 1 amide bonds. The van der Waals surface area contributed by atoms with Crippen LogP contribution in [-0.2, 0) is 17.9 Å². The number of amides is 1. The van der Waals surface area contributed by atoms with Gasteiger partial charge in [0.2, 0.25) is 0 Å². The van der Waals surface area contributed by atoms with Crippen molar-refractivity contribution in [3.63, 3.8) is 0 Å². The van der Waals surface area contributed by atoms with Gasteiger partial charge in [-0.15, -0.1) is 0 Å². The smallest absolute Gasteiger partial charge is 0.360 e. The minimum Gasteiger partial charge on any atom is -0.484 e. The summed E-state index contributed by atoms with van der Waals surface area (Å²) in [5.74, 6) is -3.75. The Morgan fingerprint density at radius 2 is 2.12 bits per heavy atom. The summed E-state index contributed by atoms with van der Waals surface area (Å²) < 4.78 is 10.7. The molecule has 3 aromatic rings. The van der Waals surface area contributed by atoms with Crippen molar-refractivity contribution in [3.8, 4) is 5.75 Å². The highest BCUT2D eigenvalue weighted by molar-refractivity contribution is 6.32. The van der Waals surface area contributed by atoms with Crippen LogP contribution >= 0.6 is 11.6 Å². The zero-order valence-electron chi connectivity index (χ0n) is 13.6. The van der Waals surface area contributed by atoms with Gasteiger partial charge in [0, 0.05) is 28.7 Å². The Morgan fingerprint density at radius 3 is 2.77 bits per heavy atom. The van der Waals surface area contributed by atoms with Gasteiger partial charge < -0.3 is 34.9 Å². The fourth-order valence-electron chi connectivity index (χ4n) is 2.33. The number of aromatic nitrogens is 2. The van der Waals surface area contributed by atoms with Gasteiger partial charge in [-0.2, -0.15) is 0 Å². The van der Waals surface area contributed by atoms with Crippen LogP contribution in [-0.4, -0.2) is 37.3 Å². The summed E-state index contributed by atoms with van der Waals surface area (Å²) in [7, 11) is 0. The van der Waals surface area contributed by atoms with Gasteiger partial charge in [-0.1, -0.05) is 16.8 Å². The summed E-state index contributed by atoms with van der Waals surface area (Å²) in [6, 6.07) is 6.86. The first-order valence-corrected chi connectivity index (χ1v) is 7.92. The second kappa shape index (κ2) is 6.96.